The molecule has 10 heteroatoms. The fourth-order valence-electron chi connectivity index (χ4n) is 3.49. The number of alkyl halides is 3. The van der Waals surface area contributed by atoms with Crippen LogP contribution in [-0.4, -0.2) is 25.6 Å². The van der Waals surface area contributed by atoms with Crippen LogP contribution in [0.4, 0.5) is 18.9 Å². The second kappa shape index (κ2) is 11.4. The summed E-state index contributed by atoms with van der Waals surface area (Å²) in [5.41, 5.74) is 2.58. The van der Waals surface area contributed by atoms with Crippen LogP contribution in [0, 0.1) is 6.92 Å². The molecule has 0 atom stereocenters. The number of benzene rings is 2. The largest absolute Gasteiger partial charge is 0.433 e. The Morgan fingerprint density at radius 1 is 1.00 bits per heavy atom. The summed E-state index contributed by atoms with van der Waals surface area (Å²) >= 11 is 0. The number of pyridine rings is 1. The third kappa shape index (κ3) is 8.23. The minimum absolute atomic E-state index is 0.190. The van der Waals surface area contributed by atoms with E-state index >= 15 is 0 Å². The molecule has 36 heavy (non-hydrogen) atoms. The van der Waals surface area contributed by atoms with Crippen molar-refractivity contribution >= 4 is 27.7 Å². The molecule has 0 aliphatic carbocycles. The molecule has 1 aromatic heterocycles. The average molecular weight is 518 g/mol. The van der Waals surface area contributed by atoms with Crippen molar-refractivity contribution in [1.82, 2.24) is 10.3 Å². The first-order valence-electron chi connectivity index (χ1n) is 11.0. The van der Waals surface area contributed by atoms with Crippen LogP contribution < -0.4 is 10.0 Å². The van der Waals surface area contributed by atoms with E-state index in [2.05, 4.69) is 15.0 Å². The van der Waals surface area contributed by atoms with E-state index < -0.39 is 27.8 Å². The van der Waals surface area contributed by atoms with Crippen LogP contribution in [-0.2, 0) is 40.4 Å². The highest BCUT2D eigenvalue weighted by atomic mass is 32.2. The highest BCUT2D eigenvalue weighted by molar-refractivity contribution is 7.92. The van der Waals surface area contributed by atoms with Gasteiger partial charge in [-0.1, -0.05) is 48.5 Å². The van der Waals surface area contributed by atoms with E-state index in [-0.39, 0.29) is 18.7 Å². The molecule has 190 valence electrons. The van der Waals surface area contributed by atoms with Gasteiger partial charge in [0.15, 0.2) is 0 Å². The molecule has 0 bridgehead atoms. The lowest BCUT2D eigenvalue weighted by Crippen LogP contribution is -2.20. The number of carbonyl (C=O) groups is 1. The summed E-state index contributed by atoms with van der Waals surface area (Å²) in [6.45, 7) is 1.93. The Morgan fingerprint density at radius 3 is 2.36 bits per heavy atom. The Kier molecular flexibility index (Phi) is 8.52. The Balaban J connectivity index is 1.69. The lowest BCUT2D eigenvalue weighted by Gasteiger charge is -2.11. The maximum atomic E-state index is 13.2. The minimum Gasteiger partial charge on any atom is -0.348 e. The molecule has 2 N–H and O–H groups in total. The number of aryl methyl sites for hydroxylation is 3. The maximum Gasteiger partial charge on any atom is 0.433 e. The van der Waals surface area contributed by atoms with E-state index in [1.807, 2.05) is 30.3 Å². The van der Waals surface area contributed by atoms with E-state index in [0.29, 0.717) is 23.2 Å². The van der Waals surface area contributed by atoms with Gasteiger partial charge in [0.05, 0.1) is 11.9 Å². The van der Waals surface area contributed by atoms with Crippen molar-refractivity contribution in [2.45, 2.75) is 32.5 Å². The molecule has 0 aliphatic heterocycles. The van der Waals surface area contributed by atoms with Gasteiger partial charge in [-0.2, -0.15) is 13.2 Å². The summed E-state index contributed by atoms with van der Waals surface area (Å²) in [5, 5.41) is 2.71. The summed E-state index contributed by atoms with van der Waals surface area (Å²) in [5.74, 6) is -0.431. The third-order valence-electron chi connectivity index (χ3n) is 5.26. The molecule has 0 unspecified atom stereocenters. The van der Waals surface area contributed by atoms with E-state index in [1.165, 1.54) is 18.2 Å². The van der Waals surface area contributed by atoms with Crippen molar-refractivity contribution in [3.63, 3.8) is 0 Å². The van der Waals surface area contributed by atoms with E-state index in [9.17, 15) is 26.4 Å². The quantitative estimate of drug-likeness (QED) is 0.396. The van der Waals surface area contributed by atoms with Gasteiger partial charge in [0.25, 0.3) is 0 Å². The number of nitrogens with zero attached hydrogens (tertiary/aromatic N) is 1. The zero-order valence-corrected chi connectivity index (χ0v) is 20.6. The Hall–Kier alpha value is -3.66. The van der Waals surface area contributed by atoms with Crippen LogP contribution in [0.2, 0.25) is 0 Å². The van der Waals surface area contributed by atoms with Gasteiger partial charge in [0, 0.05) is 18.3 Å². The number of carbonyl (C=O) groups excluding carboxylic acids is 1. The van der Waals surface area contributed by atoms with E-state index in [1.54, 1.807) is 25.1 Å². The molecule has 0 fully saturated rings. The lowest BCUT2D eigenvalue weighted by atomic mass is 10.0. The molecular weight excluding hydrogens is 491 g/mol. The Bertz CT molecular complexity index is 1360. The molecule has 3 rings (SSSR count). The van der Waals surface area contributed by atoms with Crippen LogP contribution in [0.3, 0.4) is 0 Å². The summed E-state index contributed by atoms with van der Waals surface area (Å²) < 4.78 is 64.8. The number of aromatic nitrogens is 1. The summed E-state index contributed by atoms with van der Waals surface area (Å²) in [4.78, 5) is 16.2. The molecule has 0 radical (unpaired) electrons. The van der Waals surface area contributed by atoms with Gasteiger partial charge in [-0.15, -0.1) is 0 Å². The molecule has 0 aliphatic rings. The molecular formula is C26H26F3N3O3S. The zero-order valence-electron chi connectivity index (χ0n) is 19.8. The highest BCUT2D eigenvalue weighted by Crippen LogP contribution is 2.29. The maximum absolute atomic E-state index is 13.2. The van der Waals surface area contributed by atoms with Crippen LogP contribution in [0.25, 0.3) is 6.08 Å². The second-order valence-corrected chi connectivity index (χ2v) is 10.0. The number of nitrogens with one attached hydrogen (secondary N) is 2. The van der Waals surface area contributed by atoms with Crippen LogP contribution in [0.15, 0.2) is 66.7 Å². The number of hydrogen-bond acceptors (Lipinski definition) is 4. The molecule has 0 spiro atoms. The van der Waals surface area contributed by atoms with E-state index in [4.69, 9.17) is 0 Å². The van der Waals surface area contributed by atoms with Gasteiger partial charge < -0.3 is 5.32 Å². The molecule has 3 aromatic rings. The molecule has 6 nitrogen and oxygen atoms in total. The van der Waals surface area contributed by atoms with Crippen molar-refractivity contribution in [2.75, 3.05) is 11.0 Å². The smallest absolute Gasteiger partial charge is 0.348 e. The number of anilines is 1. The molecule has 1 amide bonds. The fraction of sp³-hybridized carbons (Fsp3) is 0.231. The number of sulfonamides is 1. The Morgan fingerprint density at radius 2 is 1.72 bits per heavy atom. The van der Waals surface area contributed by atoms with Gasteiger partial charge in [0.2, 0.25) is 15.9 Å². The van der Waals surface area contributed by atoms with Crippen molar-refractivity contribution in [3.8, 4) is 0 Å². The molecule has 0 saturated heterocycles. The van der Waals surface area contributed by atoms with Gasteiger partial charge >= 0.3 is 6.18 Å². The first-order valence-corrected chi connectivity index (χ1v) is 12.9. The fourth-order valence-corrected chi connectivity index (χ4v) is 4.12. The van der Waals surface area contributed by atoms with Gasteiger partial charge in [-0.25, -0.2) is 13.4 Å². The van der Waals surface area contributed by atoms with Crippen molar-refractivity contribution in [1.29, 1.82) is 0 Å². The monoisotopic (exact) mass is 517 g/mol. The third-order valence-corrected chi connectivity index (χ3v) is 5.85. The van der Waals surface area contributed by atoms with Crippen LogP contribution in [0.5, 0.6) is 0 Å². The predicted octanol–water partition coefficient (Wildman–Crippen LogP) is 4.90. The first kappa shape index (κ1) is 26.9. The Labute approximate surface area is 208 Å². The zero-order chi connectivity index (χ0) is 26.3. The SMILES string of the molecule is Cc1cc(CNC(=O)/C=C\c2ccc(C(F)(F)F)nc2CCc2ccccc2)ccc1NS(C)(=O)=O. The summed E-state index contributed by atoms with van der Waals surface area (Å²) in [6.07, 6.45) is -0.0121. The average Bonchev–Trinajstić information content (AvgIpc) is 2.81. The predicted molar refractivity (Wildman–Crippen MR) is 134 cm³/mol. The minimum atomic E-state index is -4.56. The standard InChI is InChI=1S/C26H26F3N3O3S/c1-18-16-20(9-12-22(18)32-36(2,34)35)17-30-25(33)15-11-21-10-14-24(26(27,28)29)31-23(21)13-8-19-6-4-3-5-7-19/h3-7,9-12,14-16,32H,8,13,17H2,1-2H3,(H,30,33)/b15-11-. The van der Waals surface area contributed by atoms with Crippen molar-refractivity contribution in [2.24, 2.45) is 0 Å². The molecule has 1 heterocycles. The molecule has 2 aromatic carbocycles. The lowest BCUT2D eigenvalue weighted by molar-refractivity contribution is -0.141. The number of amides is 1. The van der Waals surface area contributed by atoms with Gasteiger partial charge in [-0.05, 0) is 60.2 Å². The number of hydrogen-bond donors (Lipinski definition) is 2. The van der Waals surface area contributed by atoms with Crippen molar-refractivity contribution in [3.05, 3.63) is 100 Å². The van der Waals surface area contributed by atoms with Crippen LogP contribution >= 0.6 is 0 Å². The topological polar surface area (TPSA) is 88.2 Å². The number of halogens is 3. The first-order chi connectivity index (χ1) is 16.9. The highest BCUT2D eigenvalue weighted by Gasteiger charge is 2.32. The molecule has 0 saturated carbocycles. The van der Waals surface area contributed by atoms with Gasteiger partial charge in [-0.3, -0.25) is 9.52 Å². The normalized spacial score (nSPS) is 12.0. The second-order valence-electron chi connectivity index (χ2n) is 8.29. The van der Waals surface area contributed by atoms with Crippen LogP contribution in [0.1, 0.15) is 33.6 Å². The number of rotatable bonds is 9. The summed E-state index contributed by atoms with van der Waals surface area (Å²) in [6, 6.07) is 16.6. The van der Waals surface area contributed by atoms with E-state index in [0.717, 1.165) is 23.4 Å². The van der Waals surface area contributed by atoms with Gasteiger partial charge in [0.1, 0.15) is 5.69 Å². The van der Waals surface area contributed by atoms with Crippen molar-refractivity contribution < 1.29 is 26.4 Å². The summed E-state index contributed by atoms with van der Waals surface area (Å²) in [7, 11) is -3.40.